The molecule has 22 heavy (non-hydrogen) atoms. The maximum atomic E-state index is 11.4. The van der Waals surface area contributed by atoms with Crippen LogP contribution in [0.15, 0.2) is 46.9 Å². The molecule has 0 unspecified atom stereocenters. The van der Waals surface area contributed by atoms with Gasteiger partial charge in [-0.3, -0.25) is 0 Å². The topological polar surface area (TPSA) is 60.2 Å². The highest BCUT2D eigenvalue weighted by atomic mass is 32.2. The highest BCUT2D eigenvalue weighted by Gasteiger charge is 2.32. The normalized spacial score (nSPS) is 17.4. The zero-order chi connectivity index (χ0) is 16.5. The van der Waals surface area contributed by atoms with Crippen LogP contribution in [0.5, 0.6) is 0 Å². The number of allylic oxidation sites excluding steroid dienone is 3. The minimum absolute atomic E-state index is 0.123. The smallest absolute Gasteiger partial charge is 0.225 e. The third-order valence-corrected chi connectivity index (χ3v) is 4.88. The fourth-order valence-corrected chi connectivity index (χ4v) is 3.44. The average molecular weight is 315 g/mol. The molecule has 4 heteroatoms. The van der Waals surface area contributed by atoms with Crippen molar-refractivity contribution in [1.82, 2.24) is 0 Å². The molecule has 0 radical (unpaired) electrons. The van der Waals surface area contributed by atoms with Gasteiger partial charge in [0.25, 0.3) is 0 Å². The Labute approximate surface area is 133 Å². The Kier molecular flexibility index (Phi) is 4.32. The first-order chi connectivity index (χ1) is 10.1. The SMILES string of the molecule is C#CCC(=C)C1=C(c2ccc(S(N)(=O)=O)cc2)CC(C)(C)C1. The highest BCUT2D eigenvalue weighted by molar-refractivity contribution is 7.89. The van der Waals surface area contributed by atoms with E-state index in [1.165, 1.54) is 11.1 Å². The van der Waals surface area contributed by atoms with Crippen LogP contribution in [0.25, 0.3) is 5.57 Å². The van der Waals surface area contributed by atoms with Crippen molar-refractivity contribution in [3.63, 3.8) is 0 Å². The molecule has 0 saturated heterocycles. The van der Waals surface area contributed by atoms with E-state index in [0.717, 1.165) is 24.0 Å². The van der Waals surface area contributed by atoms with Crippen molar-refractivity contribution < 1.29 is 8.42 Å². The van der Waals surface area contributed by atoms with Crippen LogP contribution in [-0.4, -0.2) is 8.42 Å². The minimum atomic E-state index is -3.66. The molecular weight excluding hydrogens is 294 g/mol. The van der Waals surface area contributed by atoms with Gasteiger partial charge >= 0.3 is 0 Å². The summed E-state index contributed by atoms with van der Waals surface area (Å²) in [5.41, 5.74) is 4.53. The van der Waals surface area contributed by atoms with E-state index in [4.69, 9.17) is 11.6 Å². The maximum absolute atomic E-state index is 11.4. The lowest BCUT2D eigenvalue weighted by atomic mass is 9.87. The van der Waals surface area contributed by atoms with Crippen molar-refractivity contribution in [2.24, 2.45) is 10.6 Å². The molecule has 1 aromatic carbocycles. The summed E-state index contributed by atoms with van der Waals surface area (Å²) in [6.07, 6.45) is 7.78. The Morgan fingerprint density at radius 3 is 2.41 bits per heavy atom. The van der Waals surface area contributed by atoms with Crippen molar-refractivity contribution in [2.75, 3.05) is 0 Å². The molecule has 0 atom stereocenters. The first-order valence-electron chi connectivity index (χ1n) is 7.11. The number of rotatable bonds is 4. The molecular formula is C18H21NO2S. The van der Waals surface area contributed by atoms with E-state index in [1.807, 2.05) is 0 Å². The van der Waals surface area contributed by atoms with Crippen LogP contribution in [0.2, 0.25) is 0 Å². The molecule has 0 heterocycles. The number of benzene rings is 1. The van der Waals surface area contributed by atoms with E-state index in [-0.39, 0.29) is 10.3 Å². The lowest BCUT2D eigenvalue weighted by Crippen LogP contribution is -2.11. The van der Waals surface area contributed by atoms with Gasteiger partial charge in [-0.1, -0.05) is 32.6 Å². The van der Waals surface area contributed by atoms with E-state index >= 15 is 0 Å². The largest absolute Gasteiger partial charge is 0.238 e. The summed E-state index contributed by atoms with van der Waals surface area (Å²) in [6.45, 7) is 8.53. The van der Waals surface area contributed by atoms with Gasteiger partial charge in [-0.25, -0.2) is 13.6 Å². The molecule has 0 saturated carbocycles. The van der Waals surface area contributed by atoms with Gasteiger partial charge in [0.2, 0.25) is 10.0 Å². The Morgan fingerprint density at radius 1 is 1.32 bits per heavy atom. The lowest BCUT2D eigenvalue weighted by molar-refractivity contribution is 0.398. The number of hydrogen-bond acceptors (Lipinski definition) is 2. The zero-order valence-corrected chi connectivity index (χ0v) is 13.8. The van der Waals surface area contributed by atoms with Crippen molar-refractivity contribution in [3.05, 3.63) is 47.6 Å². The maximum Gasteiger partial charge on any atom is 0.238 e. The second kappa shape index (κ2) is 5.75. The molecule has 0 aromatic heterocycles. The van der Waals surface area contributed by atoms with Crippen molar-refractivity contribution >= 4 is 15.6 Å². The van der Waals surface area contributed by atoms with Crippen LogP contribution in [0.3, 0.4) is 0 Å². The Morgan fingerprint density at radius 2 is 1.91 bits per heavy atom. The Bertz CT molecular complexity index is 775. The first-order valence-corrected chi connectivity index (χ1v) is 8.65. The standard InChI is InChI=1S/C18H21NO2S/c1-5-6-13(2)16-11-18(3,4)12-17(16)14-7-9-15(10-8-14)22(19,20)21/h1,7-10H,2,6,11-12H2,3-4H3,(H2,19,20,21). The molecule has 2 N–H and O–H groups in total. The summed E-state index contributed by atoms with van der Waals surface area (Å²) < 4.78 is 22.7. The van der Waals surface area contributed by atoms with E-state index in [0.29, 0.717) is 6.42 Å². The van der Waals surface area contributed by atoms with Crippen LogP contribution >= 0.6 is 0 Å². The Balaban J connectivity index is 2.45. The van der Waals surface area contributed by atoms with Crippen molar-refractivity contribution in [3.8, 4) is 12.3 Å². The third-order valence-electron chi connectivity index (χ3n) is 3.95. The molecule has 0 bridgehead atoms. The molecule has 1 aliphatic carbocycles. The number of sulfonamides is 1. The number of nitrogens with two attached hydrogens (primary N) is 1. The van der Waals surface area contributed by atoms with Gasteiger partial charge in [-0.05, 0) is 52.7 Å². The summed E-state index contributed by atoms with van der Waals surface area (Å²) in [4.78, 5) is 0.123. The highest BCUT2D eigenvalue weighted by Crippen LogP contribution is 2.48. The Hall–Kier alpha value is -1.83. The van der Waals surface area contributed by atoms with Gasteiger partial charge in [0.15, 0.2) is 0 Å². The predicted molar refractivity (Wildman–Crippen MR) is 90.3 cm³/mol. The molecule has 1 aliphatic rings. The van der Waals surface area contributed by atoms with Crippen molar-refractivity contribution in [2.45, 2.75) is 38.0 Å². The second-order valence-electron chi connectivity index (χ2n) is 6.53. The molecule has 2 rings (SSSR count). The quantitative estimate of drug-likeness (QED) is 0.865. The van der Waals surface area contributed by atoms with Crippen LogP contribution in [0, 0.1) is 17.8 Å². The van der Waals surface area contributed by atoms with Crippen LogP contribution < -0.4 is 5.14 Å². The number of terminal acetylenes is 1. The van der Waals surface area contributed by atoms with Gasteiger partial charge in [-0.15, -0.1) is 12.3 Å². The molecule has 3 nitrogen and oxygen atoms in total. The van der Waals surface area contributed by atoms with Gasteiger partial charge in [0, 0.05) is 6.42 Å². The summed E-state index contributed by atoms with van der Waals surface area (Å²) in [7, 11) is -3.66. The summed E-state index contributed by atoms with van der Waals surface area (Å²) >= 11 is 0. The lowest BCUT2D eigenvalue weighted by Gasteiger charge is -2.17. The molecule has 0 aliphatic heterocycles. The molecule has 0 amide bonds. The van der Waals surface area contributed by atoms with E-state index in [2.05, 4.69) is 26.3 Å². The summed E-state index contributed by atoms with van der Waals surface area (Å²) in [6, 6.07) is 6.70. The van der Waals surface area contributed by atoms with Crippen LogP contribution in [0.1, 0.15) is 38.7 Å². The monoisotopic (exact) mass is 315 g/mol. The van der Waals surface area contributed by atoms with Gasteiger partial charge in [-0.2, -0.15) is 0 Å². The molecule has 0 fully saturated rings. The second-order valence-corrected chi connectivity index (χ2v) is 8.09. The summed E-state index contributed by atoms with van der Waals surface area (Å²) in [5.74, 6) is 2.64. The van der Waals surface area contributed by atoms with Gasteiger partial charge < -0.3 is 0 Å². The zero-order valence-electron chi connectivity index (χ0n) is 13.0. The first kappa shape index (κ1) is 16.5. The fraction of sp³-hybridized carbons (Fsp3) is 0.333. The van der Waals surface area contributed by atoms with Crippen LogP contribution in [0.4, 0.5) is 0 Å². The van der Waals surface area contributed by atoms with Gasteiger partial charge in [0.05, 0.1) is 4.90 Å². The molecule has 0 spiro atoms. The minimum Gasteiger partial charge on any atom is -0.225 e. The van der Waals surface area contributed by atoms with Gasteiger partial charge in [0.1, 0.15) is 0 Å². The van der Waals surface area contributed by atoms with E-state index in [1.54, 1.807) is 24.3 Å². The van der Waals surface area contributed by atoms with Crippen LogP contribution in [-0.2, 0) is 10.0 Å². The third kappa shape index (κ3) is 3.49. The molecule has 1 aromatic rings. The average Bonchev–Trinajstić information content (AvgIpc) is 2.74. The van der Waals surface area contributed by atoms with Crippen molar-refractivity contribution in [1.29, 1.82) is 0 Å². The van der Waals surface area contributed by atoms with E-state index < -0.39 is 10.0 Å². The van der Waals surface area contributed by atoms with E-state index in [9.17, 15) is 8.42 Å². The number of hydrogen-bond donors (Lipinski definition) is 1. The number of primary sulfonamides is 1. The fourth-order valence-electron chi connectivity index (χ4n) is 2.92. The molecule has 116 valence electrons. The predicted octanol–water partition coefficient (Wildman–Crippen LogP) is 3.49. The summed E-state index contributed by atoms with van der Waals surface area (Å²) in [5, 5.41) is 5.14.